The highest BCUT2D eigenvalue weighted by molar-refractivity contribution is 5.63. The van der Waals surface area contributed by atoms with Crippen LogP contribution in [0.1, 0.15) is 5.56 Å². The van der Waals surface area contributed by atoms with Crippen LogP contribution in [0.4, 0.5) is 10.2 Å². The van der Waals surface area contributed by atoms with Gasteiger partial charge in [-0.3, -0.25) is 5.10 Å². The molecule has 1 heterocycles. The zero-order valence-electron chi connectivity index (χ0n) is 7.71. The Bertz CT molecular complexity index is 462. The number of hydrogen-bond donors (Lipinski definition) is 2. The lowest BCUT2D eigenvalue weighted by Crippen LogP contribution is -1.87. The van der Waals surface area contributed by atoms with Gasteiger partial charge < -0.3 is 5.73 Å². The molecule has 0 aliphatic carbocycles. The summed E-state index contributed by atoms with van der Waals surface area (Å²) in [5.74, 6) is 0.122. The lowest BCUT2D eigenvalue weighted by molar-refractivity contribution is 0.621. The highest BCUT2D eigenvalue weighted by Gasteiger charge is 2.08. The summed E-state index contributed by atoms with van der Waals surface area (Å²) in [4.78, 5) is 0. The number of nitrogens with two attached hydrogens (primary N) is 1. The molecule has 4 heteroatoms. The number of benzene rings is 1. The van der Waals surface area contributed by atoms with Crippen LogP contribution in [0, 0.1) is 12.7 Å². The summed E-state index contributed by atoms with van der Waals surface area (Å²) in [6.07, 6.45) is 0. The molecule has 0 radical (unpaired) electrons. The van der Waals surface area contributed by atoms with E-state index in [-0.39, 0.29) is 5.82 Å². The number of nitrogens with one attached hydrogen (secondary N) is 1. The number of rotatable bonds is 1. The number of H-pyrrole nitrogens is 1. The van der Waals surface area contributed by atoms with Gasteiger partial charge in [-0.1, -0.05) is 12.1 Å². The van der Waals surface area contributed by atoms with Crippen LogP contribution in [0.25, 0.3) is 11.3 Å². The summed E-state index contributed by atoms with van der Waals surface area (Å²) in [7, 11) is 0. The zero-order chi connectivity index (χ0) is 10.1. The summed E-state index contributed by atoms with van der Waals surface area (Å²) >= 11 is 0. The van der Waals surface area contributed by atoms with E-state index in [0.29, 0.717) is 22.6 Å². The summed E-state index contributed by atoms with van der Waals surface area (Å²) in [6.45, 7) is 1.72. The van der Waals surface area contributed by atoms with Gasteiger partial charge >= 0.3 is 0 Å². The van der Waals surface area contributed by atoms with E-state index in [9.17, 15) is 4.39 Å². The van der Waals surface area contributed by atoms with Crippen molar-refractivity contribution in [3.8, 4) is 11.3 Å². The SMILES string of the molecule is Cc1cccc(-c2cc(N)n[nH]2)c1F. The molecule has 14 heavy (non-hydrogen) atoms. The first-order chi connectivity index (χ1) is 6.68. The molecule has 0 aliphatic heterocycles. The maximum Gasteiger partial charge on any atom is 0.145 e. The summed E-state index contributed by atoms with van der Waals surface area (Å²) in [5.41, 5.74) is 7.14. The van der Waals surface area contributed by atoms with Crippen LogP contribution in [-0.2, 0) is 0 Å². The smallest absolute Gasteiger partial charge is 0.145 e. The topological polar surface area (TPSA) is 54.7 Å². The predicted molar refractivity (Wildman–Crippen MR) is 53.1 cm³/mol. The Balaban J connectivity index is 2.57. The molecule has 2 aromatic rings. The average molecular weight is 191 g/mol. The molecule has 2 rings (SSSR count). The van der Waals surface area contributed by atoms with Crippen LogP contribution in [0.2, 0.25) is 0 Å². The number of hydrogen-bond acceptors (Lipinski definition) is 2. The van der Waals surface area contributed by atoms with E-state index in [4.69, 9.17) is 5.73 Å². The molecular weight excluding hydrogens is 181 g/mol. The molecule has 0 bridgehead atoms. The van der Waals surface area contributed by atoms with Crippen molar-refractivity contribution in [1.82, 2.24) is 10.2 Å². The number of aromatic nitrogens is 2. The Kier molecular flexibility index (Phi) is 1.96. The molecule has 72 valence electrons. The minimum atomic E-state index is -0.240. The second-order valence-electron chi connectivity index (χ2n) is 3.14. The molecule has 0 amide bonds. The van der Waals surface area contributed by atoms with Gasteiger partial charge in [0.05, 0.1) is 5.69 Å². The lowest BCUT2D eigenvalue weighted by Gasteiger charge is -2.01. The molecule has 0 fully saturated rings. The minimum absolute atomic E-state index is 0.240. The van der Waals surface area contributed by atoms with Crippen molar-refractivity contribution in [1.29, 1.82) is 0 Å². The first-order valence-corrected chi connectivity index (χ1v) is 4.25. The van der Waals surface area contributed by atoms with Crippen molar-refractivity contribution in [2.24, 2.45) is 0 Å². The van der Waals surface area contributed by atoms with Crippen molar-refractivity contribution >= 4 is 5.82 Å². The largest absolute Gasteiger partial charge is 0.382 e. The van der Waals surface area contributed by atoms with Crippen molar-refractivity contribution in [3.63, 3.8) is 0 Å². The fourth-order valence-corrected chi connectivity index (χ4v) is 1.33. The van der Waals surface area contributed by atoms with Gasteiger partial charge in [0.2, 0.25) is 0 Å². The monoisotopic (exact) mass is 191 g/mol. The highest BCUT2D eigenvalue weighted by atomic mass is 19.1. The van der Waals surface area contributed by atoms with Gasteiger partial charge in [-0.15, -0.1) is 0 Å². The van der Waals surface area contributed by atoms with Crippen molar-refractivity contribution < 1.29 is 4.39 Å². The van der Waals surface area contributed by atoms with Crippen LogP contribution < -0.4 is 5.73 Å². The van der Waals surface area contributed by atoms with E-state index in [1.807, 2.05) is 0 Å². The maximum absolute atomic E-state index is 13.6. The molecule has 1 aromatic carbocycles. The van der Waals surface area contributed by atoms with Gasteiger partial charge in [0.1, 0.15) is 11.6 Å². The van der Waals surface area contributed by atoms with Crippen LogP contribution in [0.5, 0.6) is 0 Å². The maximum atomic E-state index is 13.6. The Labute approximate surface area is 80.8 Å². The van der Waals surface area contributed by atoms with Crippen LogP contribution >= 0.6 is 0 Å². The molecule has 0 aliphatic rings. The van der Waals surface area contributed by atoms with Gasteiger partial charge in [-0.2, -0.15) is 5.10 Å². The number of anilines is 1. The zero-order valence-corrected chi connectivity index (χ0v) is 7.71. The van der Waals surface area contributed by atoms with E-state index in [0.717, 1.165) is 0 Å². The van der Waals surface area contributed by atoms with E-state index < -0.39 is 0 Å². The van der Waals surface area contributed by atoms with Gasteiger partial charge in [0.15, 0.2) is 0 Å². The number of aromatic amines is 1. The fourth-order valence-electron chi connectivity index (χ4n) is 1.33. The van der Waals surface area contributed by atoms with Crippen LogP contribution in [-0.4, -0.2) is 10.2 Å². The Morgan fingerprint density at radius 2 is 2.21 bits per heavy atom. The molecule has 0 spiro atoms. The highest BCUT2D eigenvalue weighted by Crippen LogP contribution is 2.23. The summed E-state index contributed by atoms with van der Waals surface area (Å²) in [6, 6.07) is 6.82. The van der Waals surface area contributed by atoms with Gasteiger partial charge in [-0.05, 0) is 18.6 Å². The van der Waals surface area contributed by atoms with Crippen molar-refractivity contribution in [2.75, 3.05) is 5.73 Å². The second-order valence-corrected chi connectivity index (χ2v) is 3.14. The molecule has 3 nitrogen and oxygen atoms in total. The third-order valence-electron chi connectivity index (χ3n) is 2.08. The number of halogens is 1. The molecule has 0 saturated carbocycles. The summed E-state index contributed by atoms with van der Waals surface area (Å²) < 4.78 is 13.6. The Morgan fingerprint density at radius 3 is 2.86 bits per heavy atom. The molecule has 1 aromatic heterocycles. The van der Waals surface area contributed by atoms with Crippen LogP contribution in [0.15, 0.2) is 24.3 Å². The first kappa shape index (κ1) is 8.74. The average Bonchev–Trinajstić information content (AvgIpc) is 2.57. The van der Waals surface area contributed by atoms with E-state index in [1.165, 1.54) is 0 Å². The molecule has 3 N–H and O–H groups in total. The quantitative estimate of drug-likeness (QED) is 0.725. The number of nitrogens with zero attached hydrogens (tertiary/aromatic N) is 1. The standard InChI is InChI=1S/C10H10FN3/c1-6-3-2-4-7(10(6)11)8-5-9(12)14-13-8/h2-5H,1H3,(H3,12,13,14). The molecule has 0 atom stereocenters. The van der Waals surface area contributed by atoms with Crippen LogP contribution in [0.3, 0.4) is 0 Å². The number of nitrogen functional groups attached to an aromatic ring is 1. The Hall–Kier alpha value is -1.84. The molecular formula is C10H10FN3. The minimum Gasteiger partial charge on any atom is -0.382 e. The number of aryl methyl sites for hydroxylation is 1. The normalized spacial score (nSPS) is 10.4. The van der Waals surface area contributed by atoms with Gasteiger partial charge in [0, 0.05) is 11.6 Å². The summed E-state index contributed by atoms with van der Waals surface area (Å²) in [5, 5.41) is 6.42. The van der Waals surface area contributed by atoms with E-state index in [1.54, 1.807) is 31.2 Å². The van der Waals surface area contributed by atoms with E-state index >= 15 is 0 Å². The van der Waals surface area contributed by atoms with Gasteiger partial charge in [-0.25, -0.2) is 4.39 Å². The molecule has 0 saturated heterocycles. The first-order valence-electron chi connectivity index (χ1n) is 4.25. The molecule has 0 unspecified atom stereocenters. The van der Waals surface area contributed by atoms with Crippen molar-refractivity contribution in [3.05, 3.63) is 35.6 Å². The third-order valence-corrected chi connectivity index (χ3v) is 2.08. The predicted octanol–water partition coefficient (Wildman–Crippen LogP) is 2.11. The Morgan fingerprint density at radius 1 is 1.43 bits per heavy atom. The van der Waals surface area contributed by atoms with E-state index in [2.05, 4.69) is 10.2 Å². The fraction of sp³-hybridized carbons (Fsp3) is 0.100. The lowest BCUT2D eigenvalue weighted by atomic mass is 10.1. The van der Waals surface area contributed by atoms with Gasteiger partial charge in [0.25, 0.3) is 0 Å². The second kappa shape index (κ2) is 3.14. The van der Waals surface area contributed by atoms with Crippen molar-refractivity contribution in [2.45, 2.75) is 6.92 Å². The third kappa shape index (κ3) is 1.35.